The Hall–Kier alpha value is -6.64. The third kappa shape index (κ3) is 5.63. The van der Waals surface area contributed by atoms with Crippen LogP contribution in [0.15, 0.2) is 205 Å². The maximum Gasteiger partial charge on any atom is 0.137 e. The molecule has 0 aliphatic heterocycles. The molecule has 50 heavy (non-hydrogen) atoms. The molecule has 2 nitrogen and oxygen atoms in total. The summed E-state index contributed by atoms with van der Waals surface area (Å²) in [5.41, 5.74) is 14.5. The monoisotopic (exact) mass is 639 g/mol. The smallest absolute Gasteiger partial charge is 0.137 e. The van der Waals surface area contributed by atoms with Crippen molar-refractivity contribution in [3.05, 3.63) is 200 Å². The predicted octanol–water partition coefficient (Wildman–Crippen LogP) is 13.7. The summed E-state index contributed by atoms with van der Waals surface area (Å²) in [6.45, 7) is 0. The Bertz CT molecular complexity index is 2570. The normalized spacial score (nSPS) is 11.2. The van der Waals surface area contributed by atoms with Crippen LogP contribution in [-0.2, 0) is 0 Å². The molecule has 0 N–H and O–H groups in total. The first-order chi connectivity index (χ1) is 24.8. The summed E-state index contributed by atoms with van der Waals surface area (Å²) < 4.78 is 6.35. The Kier molecular flexibility index (Phi) is 7.53. The van der Waals surface area contributed by atoms with Crippen LogP contribution in [0.2, 0.25) is 0 Å². The van der Waals surface area contributed by atoms with Crippen LogP contribution in [-0.4, -0.2) is 0 Å². The molecule has 0 bridgehead atoms. The summed E-state index contributed by atoms with van der Waals surface area (Å²) >= 11 is 0. The summed E-state index contributed by atoms with van der Waals surface area (Å²) in [6, 6.07) is 71.1. The highest BCUT2D eigenvalue weighted by atomic mass is 16.3. The summed E-state index contributed by atoms with van der Waals surface area (Å²) in [7, 11) is 0. The van der Waals surface area contributed by atoms with Crippen LogP contribution >= 0.6 is 0 Å². The van der Waals surface area contributed by atoms with E-state index in [1.165, 1.54) is 38.9 Å². The summed E-state index contributed by atoms with van der Waals surface area (Å²) in [5.74, 6) is 0. The van der Waals surface area contributed by atoms with Crippen LogP contribution in [0.5, 0.6) is 0 Å². The minimum atomic E-state index is 0.872. The molecule has 0 aliphatic rings. The Balaban J connectivity index is 1.09. The van der Waals surface area contributed by atoms with Crippen molar-refractivity contribution in [1.29, 1.82) is 0 Å². The van der Waals surface area contributed by atoms with Crippen LogP contribution < -0.4 is 4.90 Å². The van der Waals surface area contributed by atoms with E-state index in [9.17, 15) is 0 Å². The van der Waals surface area contributed by atoms with E-state index in [4.69, 9.17) is 4.42 Å². The molecule has 0 unspecified atom stereocenters. The van der Waals surface area contributed by atoms with Crippen molar-refractivity contribution in [2.45, 2.75) is 0 Å². The lowest BCUT2D eigenvalue weighted by molar-refractivity contribution is 0.669. The highest BCUT2D eigenvalue weighted by molar-refractivity contribution is 6.06. The van der Waals surface area contributed by atoms with Crippen molar-refractivity contribution in [1.82, 2.24) is 0 Å². The second-order valence-electron chi connectivity index (χ2n) is 12.6. The van der Waals surface area contributed by atoms with Crippen LogP contribution in [0.1, 0.15) is 0 Å². The molecule has 0 amide bonds. The van der Waals surface area contributed by atoms with Gasteiger partial charge >= 0.3 is 0 Å². The molecular formula is C48H33NO. The highest BCUT2D eigenvalue weighted by Gasteiger charge is 2.17. The first-order valence-electron chi connectivity index (χ1n) is 17.0. The number of nitrogens with zero attached hydrogens (tertiary/aromatic N) is 1. The summed E-state index contributed by atoms with van der Waals surface area (Å²) in [6.07, 6.45) is 0. The van der Waals surface area contributed by atoms with E-state index in [0.717, 1.165) is 44.6 Å². The van der Waals surface area contributed by atoms with Gasteiger partial charge in [-0.05, 0) is 87.0 Å². The first kappa shape index (κ1) is 29.5. The Morgan fingerprint density at radius 2 is 0.660 bits per heavy atom. The molecule has 9 aromatic rings. The maximum absolute atomic E-state index is 6.35. The lowest BCUT2D eigenvalue weighted by atomic mass is 9.98. The largest absolute Gasteiger partial charge is 0.456 e. The SMILES string of the molecule is c1ccc(-c2ccc(-c3ccc(-c4cccc(N(c5cccc(-c6ccccc6)c5)c5ccc6c(c5)oc5ccccc56)c4)cc3)cc2)cc1. The molecule has 0 atom stereocenters. The average Bonchev–Trinajstić information content (AvgIpc) is 3.57. The van der Waals surface area contributed by atoms with Gasteiger partial charge in [0.05, 0.1) is 0 Å². The molecule has 0 aliphatic carbocycles. The van der Waals surface area contributed by atoms with Gasteiger partial charge in [-0.15, -0.1) is 0 Å². The van der Waals surface area contributed by atoms with Gasteiger partial charge in [0.2, 0.25) is 0 Å². The van der Waals surface area contributed by atoms with Crippen molar-refractivity contribution in [2.75, 3.05) is 4.90 Å². The topological polar surface area (TPSA) is 16.4 Å². The van der Waals surface area contributed by atoms with Gasteiger partial charge in [0, 0.05) is 33.9 Å². The quantitative estimate of drug-likeness (QED) is 0.173. The number of benzene rings is 8. The summed E-state index contributed by atoms with van der Waals surface area (Å²) in [5, 5.41) is 2.25. The molecule has 0 fully saturated rings. The van der Waals surface area contributed by atoms with Crippen molar-refractivity contribution in [3.63, 3.8) is 0 Å². The maximum atomic E-state index is 6.35. The first-order valence-corrected chi connectivity index (χ1v) is 17.0. The van der Waals surface area contributed by atoms with Gasteiger partial charge in [-0.2, -0.15) is 0 Å². The molecule has 0 saturated carbocycles. The molecule has 236 valence electrons. The molecule has 1 heterocycles. The van der Waals surface area contributed by atoms with Gasteiger partial charge < -0.3 is 9.32 Å². The second-order valence-corrected chi connectivity index (χ2v) is 12.6. The van der Waals surface area contributed by atoms with E-state index >= 15 is 0 Å². The third-order valence-corrected chi connectivity index (χ3v) is 9.48. The second kappa shape index (κ2) is 12.8. The number of hydrogen-bond acceptors (Lipinski definition) is 2. The fraction of sp³-hybridized carbons (Fsp3) is 0. The molecule has 9 rings (SSSR count). The predicted molar refractivity (Wildman–Crippen MR) is 210 cm³/mol. The standard InChI is InChI=1S/C48H33NO/c1-3-11-34(12-4-1)36-21-23-37(24-22-36)38-25-27-39(28-26-38)41-16-10-18-43(32-41)49(42-17-9-15-40(31-42)35-13-5-2-6-14-35)44-29-30-46-45-19-7-8-20-47(45)50-48(46)33-44/h1-33H. The zero-order chi connectivity index (χ0) is 33.3. The van der Waals surface area contributed by atoms with Crippen molar-refractivity contribution < 1.29 is 4.42 Å². The Morgan fingerprint density at radius 3 is 1.22 bits per heavy atom. The van der Waals surface area contributed by atoms with Crippen LogP contribution in [0.3, 0.4) is 0 Å². The van der Waals surface area contributed by atoms with Gasteiger partial charge in [-0.25, -0.2) is 0 Å². The number of para-hydroxylation sites is 1. The number of rotatable bonds is 7. The van der Waals surface area contributed by atoms with Gasteiger partial charge in [0.15, 0.2) is 0 Å². The molecule has 1 aromatic heterocycles. The molecule has 0 saturated heterocycles. The van der Waals surface area contributed by atoms with Gasteiger partial charge in [-0.1, -0.05) is 152 Å². The minimum Gasteiger partial charge on any atom is -0.456 e. The van der Waals surface area contributed by atoms with E-state index in [-0.39, 0.29) is 0 Å². The van der Waals surface area contributed by atoms with E-state index in [2.05, 4.69) is 193 Å². The summed E-state index contributed by atoms with van der Waals surface area (Å²) in [4.78, 5) is 2.32. The van der Waals surface area contributed by atoms with E-state index in [1.54, 1.807) is 0 Å². The van der Waals surface area contributed by atoms with Crippen LogP contribution in [0, 0.1) is 0 Å². The van der Waals surface area contributed by atoms with Gasteiger partial charge in [-0.3, -0.25) is 0 Å². The highest BCUT2D eigenvalue weighted by Crippen LogP contribution is 2.41. The molecule has 8 aromatic carbocycles. The number of furan rings is 1. The Labute approximate surface area is 292 Å². The Morgan fingerprint density at radius 1 is 0.260 bits per heavy atom. The molecule has 0 radical (unpaired) electrons. The lowest BCUT2D eigenvalue weighted by Gasteiger charge is -2.26. The van der Waals surface area contributed by atoms with Crippen molar-refractivity contribution >= 4 is 39.0 Å². The fourth-order valence-corrected chi connectivity index (χ4v) is 6.92. The third-order valence-electron chi connectivity index (χ3n) is 9.48. The van der Waals surface area contributed by atoms with Gasteiger partial charge in [0.25, 0.3) is 0 Å². The van der Waals surface area contributed by atoms with E-state index < -0.39 is 0 Å². The lowest BCUT2D eigenvalue weighted by Crippen LogP contribution is -2.10. The van der Waals surface area contributed by atoms with E-state index in [1.807, 2.05) is 12.1 Å². The number of anilines is 3. The molecule has 2 heteroatoms. The fourth-order valence-electron chi connectivity index (χ4n) is 6.92. The zero-order valence-electron chi connectivity index (χ0n) is 27.4. The minimum absolute atomic E-state index is 0.872. The average molecular weight is 640 g/mol. The molecular weight excluding hydrogens is 607 g/mol. The zero-order valence-corrected chi connectivity index (χ0v) is 27.4. The van der Waals surface area contributed by atoms with Gasteiger partial charge in [0.1, 0.15) is 11.2 Å². The van der Waals surface area contributed by atoms with Crippen molar-refractivity contribution in [3.8, 4) is 44.5 Å². The van der Waals surface area contributed by atoms with Crippen LogP contribution in [0.25, 0.3) is 66.4 Å². The molecule has 0 spiro atoms. The number of hydrogen-bond donors (Lipinski definition) is 0. The van der Waals surface area contributed by atoms with E-state index in [0.29, 0.717) is 0 Å². The van der Waals surface area contributed by atoms with Crippen molar-refractivity contribution in [2.24, 2.45) is 0 Å². The van der Waals surface area contributed by atoms with Crippen LogP contribution in [0.4, 0.5) is 17.1 Å². The number of fused-ring (bicyclic) bond motifs is 3.